The molecule has 6 heteroatoms. The van der Waals surface area contributed by atoms with E-state index in [-0.39, 0.29) is 17.8 Å². The minimum absolute atomic E-state index is 0.00980. The van der Waals surface area contributed by atoms with Crippen LogP contribution in [0.4, 0.5) is 4.39 Å². The highest BCUT2D eigenvalue weighted by molar-refractivity contribution is 5.75. The number of benzene rings is 1. The molecule has 1 unspecified atom stereocenters. The second kappa shape index (κ2) is 8.58. The smallest absolute Gasteiger partial charge is 0.220 e. The van der Waals surface area contributed by atoms with Crippen LogP contribution in [0.15, 0.2) is 42.6 Å². The number of rotatable bonds is 7. The third-order valence-electron chi connectivity index (χ3n) is 4.02. The van der Waals surface area contributed by atoms with Crippen LogP contribution < -0.4 is 10.1 Å². The Morgan fingerprint density at radius 3 is 3.00 bits per heavy atom. The second-order valence-electron chi connectivity index (χ2n) is 6.01. The maximum absolute atomic E-state index is 13.1. The Kier molecular flexibility index (Phi) is 5.95. The largest absolute Gasteiger partial charge is 0.439 e. The van der Waals surface area contributed by atoms with Gasteiger partial charge in [0.1, 0.15) is 11.6 Å². The average molecular weight is 344 g/mol. The van der Waals surface area contributed by atoms with E-state index in [9.17, 15) is 9.18 Å². The van der Waals surface area contributed by atoms with Crippen molar-refractivity contribution < 1.29 is 18.7 Å². The van der Waals surface area contributed by atoms with Gasteiger partial charge in [0.05, 0.1) is 6.10 Å². The van der Waals surface area contributed by atoms with Gasteiger partial charge in [0.25, 0.3) is 0 Å². The summed E-state index contributed by atoms with van der Waals surface area (Å²) in [5.41, 5.74) is 0.872. The normalized spacial score (nSPS) is 16.6. The van der Waals surface area contributed by atoms with Crippen LogP contribution in [0, 0.1) is 5.82 Å². The number of ether oxygens (including phenoxy) is 2. The molecule has 1 atom stereocenters. The van der Waals surface area contributed by atoms with E-state index in [0.717, 1.165) is 31.4 Å². The van der Waals surface area contributed by atoms with Gasteiger partial charge in [-0.3, -0.25) is 4.79 Å². The lowest BCUT2D eigenvalue weighted by Gasteiger charge is -2.10. The van der Waals surface area contributed by atoms with Gasteiger partial charge in [0.2, 0.25) is 11.8 Å². The zero-order chi connectivity index (χ0) is 17.5. The maximum Gasteiger partial charge on any atom is 0.220 e. The maximum atomic E-state index is 13.1. The quantitative estimate of drug-likeness (QED) is 0.834. The van der Waals surface area contributed by atoms with Crippen LogP contribution >= 0.6 is 0 Å². The van der Waals surface area contributed by atoms with Gasteiger partial charge < -0.3 is 14.8 Å². The summed E-state index contributed by atoms with van der Waals surface area (Å²) in [5, 5.41) is 2.87. The molecule has 0 saturated carbocycles. The second-order valence-corrected chi connectivity index (χ2v) is 6.01. The van der Waals surface area contributed by atoms with Crippen molar-refractivity contribution in [3.05, 3.63) is 54.0 Å². The molecular formula is C19H21FN2O3. The van der Waals surface area contributed by atoms with Crippen LogP contribution in [0.3, 0.4) is 0 Å². The van der Waals surface area contributed by atoms with Crippen molar-refractivity contribution in [2.24, 2.45) is 0 Å². The Morgan fingerprint density at radius 2 is 2.28 bits per heavy atom. The summed E-state index contributed by atoms with van der Waals surface area (Å²) in [6.45, 7) is 1.22. The molecule has 1 aromatic carbocycles. The number of carbonyl (C=O) groups is 1. The van der Waals surface area contributed by atoms with Crippen molar-refractivity contribution in [3.63, 3.8) is 0 Å². The molecule has 1 fully saturated rings. The number of hydrogen-bond acceptors (Lipinski definition) is 4. The van der Waals surface area contributed by atoms with Gasteiger partial charge in [0.15, 0.2) is 0 Å². The molecular weight excluding hydrogens is 323 g/mol. The number of carbonyl (C=O) groups excluding carboxylic acids is 1. The van der Waals surface area contributed by atoms with Crippen LogP contribution in [0.1, 0.15) is 31.2 Å². The third kappa shape index (κ3) is 5.53. The molecule has 0 bridgehead atoms. The first-order valence-electron chi connectivity index (χ1n) is 8.46. The number of halogens is 1. The molecule has 1 aliphatic heterocycles. The van der Waals surface area contributed by atoms with Crippen molar-refractivity contribution in [1.29, 1.82) is 0 Å². The number of amides is 1. The van der Waals surface area contributed by atoms with Gasteiger partial charge in [-0.05, 0) is 37.0 Å². The molecule has 1 amide bonds. The average Bonchev–Trinajstić information content (AvgIpc) is 3.13. The van der Waals surface area contributed by atoms with Crippen molar-refractivity contribution in [1.82, 2.24) is 10.3 Å². The fraction of sp³-hybridized carbons (Fsp3) is 0.368. The van der Waals surface area contributed by atoms with Crippen LogP contribution in [0.5, 0.6) is 11.6 Å². The van der Waals surface area contributed by atoms with E-state index in [1.807, 2.05) is 6.07 Å². The van der Waals surface area contributed by atoms with E-state index in [2.05, 4.69) is 10.3 Å². The fourth-order valence-electron chi connectivity index (χ4n) is 2.68. The number of hydrogen-bond donors (Lipinski definition) is 1. The molecule has 5 nitrogen and oxygen atoms in total. The molecule has 1 aliphatic rings. The van der Waals surface area contributed by atoms with Crippen LogP contribution in [0.25, 0.3) is 0 Å². The molecule has 1 aromatic heterocycles. The Hall–Kier alpha value is -2.47. The van der Waals surface area contributed by atoms with Crippen LogP contribution in [-0.2, 0) is 16.1 Å². The van der Waals surface area contributed by atoms with Gasteiger partial charge >= 0.3 is 0 Å². The first-order valence-corrected chi connectivity index (χ1v) is 8.46. The Labute approximate surface area is 146 Å². The summed E-state index contributed by atoms with van der Waals surface area (Å²) in [7, 11) is 0. The SMILES string of the molecule is O=C(CCC1CCCO1)NCc1ccc(Oc2cccc(F)c2)nc1. The summed E-state index contributed by atoms with van der Waals surface area (Å²) in [6.07, 6.45) is 5.23. The van der Waals surface area contributed by atoms with Gasteiger partial charge in [-0.15, -0.1) is 0 Å². The molecule has 0 spiro atoms. The zero-order valence-corrected chi connectivity index (χ0v) is 13.9. The monoisotopic (exact) mass is 344 g/mol. The molecule has 132 valence electrons. The minimum atomic E-state index is -0.361. The predicted octanol–water partition coefficient (Wildman–Crippen LogP) is 3.59. The highest BCUT2D eigenvalue weighted by Gasteiger charge is 2.16. The fourth-order valence-corrected chi connectivity index (χ4v) is 2.68. The van der Waals surface area contributed by atoms with Crippen molar-refractivity contribution in [2.75, 3.05) is 6.61 Å². The Bertz CT molecular complexity index is 700. The predicted molar refractivity (Wildman–Crippen MR) is 90.8 cm³/mol. The number of nitrogens with one attached hydrogen (secondary N) is 1. The van der Waals surface area contributed by atoms with Gasteiger partial charge in [-0.2, -0.15) is 0 Å². The van der Waals surface area contributed by atoms with E-state index in [1.165, 1.54) is 12.1 Å². The first kappa shape index (κ1) is 17.4. The number of pyridine rings is 1. The minimum Gasteiger partial charge on any atom is -0.439 e. The van der Waals surface area contributed by atoms with Crippen molar-refractivity contribution >= 4 is 5.91 Å². The van der Waals surface area contributed by atoms with Crippen LogP contribution in [-0.4, -0.2) is 23.6 Å². The highest BCUT2D eigenvalue weighted by atomic mass is 19.1. The van der Waals surface area contributed by atoms with E-state index < -0.39 is 0 Å². The zero-order valence-electron chi connectivity index (χ0n) is 13.9. The van der Waals surface area contributed by atoms with E-state index in [4.69, 9.17) is 9.47 Å². The summed E-state index contributed by atoms with van der Waals surface area (Å²) in [4.78, 5) is 16.0. The van der Waals surface area contributed by atoms with Crippen molar-refractivity contribution in [3.8, 4) is 11.6 Å². The highest BCUT2D eigenvalue weighted by Crippen LogP contribution is 2.20. The Morgan fingerprint density at radius 1 is 1.36 bits per heavy atom. The molecule has 0 aliphatic carbocycles. The van der Waals surface area contributed by atoms with E-state index >= 15 is 0 Å². The topological polar surface area (TPSA) is 60.5 Å². The lowest BCUT2D eigenvalue weighted by atomic mass is 10.1. The van der Waals surface area contributed by atoms with Gasteiger partial charge in [0, 0.05) is 37.9 Å². The lowest BCUT2D eigenvalue weighted by molar-refractivity contribution is -0.121. The summed E-state index contributed by atoms with van der Waals surface area (Å²) in [6, 6.07) is 9.40. The standard InChI is InChI=1S/C19H21FN2O3/c20-15-3-1-4-17(11-15)25-19-9-6-14(13-22-19)12-21-18(23)8-7-16-5-2-10-24-16/h1,3-4,6,9,11,13,16H,2,5,7-8,10,12H2,(H,21,23). The third-order valence-corrected chi connectivity index (χ3v) is 4.02. The van der Waals surface area contributed by atoms with Crippen molar-refractivity contribution in [2.45, 2.75) is 38.3 Å². The summed E-state index contributed by atoms with van der Waals surface area (Å²) >= 11 is 0. The number of aromatic nitrogens is 1. The lowest BCUT2D eigenvalue weighted by Crippen LogP contribution is -2.23. The van der Waals surface area contributed by atoms with Gasteiger partial charge in [-0.25, -0.2) is 9.37 Å². The molecule has 3 rings (SSSR count). The van der Waals surface area contributed by atoms with E-state index in [0.29, 0.717) is 24.6 Å². The number of nitrogens with zero attached hydrogens (tertiary/aromatic N) is 1. The van der Waals surface area contributed by atoms with Gasteiger partial charge in [-0.1, -0.05) is 12.1 Å². The summed E-state index contributed by atoms with van der Waals surface area (Å²) < 4.78 is 24.1. The molecule has 2 heterocycles. The molecule has 1 N–H and O–H groups in total. The van der Waals surface area contributed by atoms with Crippen LogP contribution in [0.2, 0.25) is 0 Å². The molecule has 25 heavy (non-hydrogen) atoms. The Balaban J connectivity index is 1.43. The molecule has 2 aromatic rings. The first-order chi connectivity index (χ1) is 12.2. The molecule has 0 radical (unpaired) electrons. The van der Waals surface area contributed by atoms with E-state index in [1.54, 1.807) is 24.4 Å². The molecule has 1 saturated heterocycles. The summed E-state index contributed by atoms with van der Waals surface area (Å²) in [5.74, 6) is 0.414.